The lowest BCUT2D eigenvalue weighted by molar-refractivity contribution is -0.270. The van der Waals surface area contributed by atoms with Gasteiger partial charge < -0.3 is 34.3 Å². The quantitative estimate of drug-likeness (QED) is 0.232. The molecule has 4 aromatic carbocycles. The van der Waals surface area contributed by atoms with Gasteiger partial charge in [0.2, 0.25) is 5.79 Å². The van der Waals surface area contributed by atoms with Gasteiger partial charge in [-0.1, -0.05) is 0 Å². The summed E-state index contributed by atoms with van der Waals surface area (Å²) in [5.74, 6) is -2.11. The van der Waals surface area contributed by atoms with Crippen LogP contribution in [-0.4, -0.2) is 27.5 Å². The summed E-state index contributed by atoms with van der Waals surface area (Å²) in [4.78, 5) is 27.8. The van der Waals surface area contributed by atoms with E-state index in [1.165, 1.54) is 6.07 Å². The van der Waals surface area contributed by atoms with Crippen LogP contribution in [0, 0.1) is 0 Å². The van der Waals surface area contributed by atoms with Gasteiger partial charge in [0.15, 0.2) is 17.0 Å². The molecule has 0 fully saturated rings. The fraction of sp³-hybridized carbons (Fsp3) is 0.400. The van der Waals surface area contributed by atoms with Crippen molar-refractivity contribution in [1.82, 2.24) is 0 Å². The molecule has 0 aromatic heterocycles. The predicted octanol–water partition coefficient (Wildman–Crippen LogP) is 3.41. The second-order valence-corrected chi connectivity index (χ2v) is 11.7. The molecule has 198 valence electrons. The number of phenolic OH excluding ortho intramolecular Hbond substituents is 1. The highest BCUT2D eigenvalue weighted by Crippen LogP contribution is 2.61. The van der Waals surface area contributed by atoms with Crippen molar-refractivity contribution < 1.29 is 34.3 Å². The van der Waals surface area contributed by atoms with Crippen LogP contribution in [0.4, 0.5) is 0 Å². The van der Waals surface area contributed by atoms with Gasteiger partial charge in [0, 0.05) is 55.4 Å². The summed E-state index contributed by atoms with van der Waals surface area (Å²) in [6.07, 6.45) is -3.86. The molecule has 4 aromatic rings. The molecule has 0 saturated heterocycles. The van der Waals surface area contributed by atoms with Crippen molar-refractivity contribution in [2.45, 2.75) is 76.5 Å². The van der Waals surface area contributed by atoms with Crippen molar-refractivity contribution in [1.29, 1.82) is 0 Å². The average Bonchev–Trinajstić information content (AvgIpc) is 2.85. The standard InChI is InChI=1S/C30H24O9/c1-7-14-23-20-18-13(38-28(23)9(3)36-7)5-11(31)16-19(18)22-24-15(26(16)33)8(2)37-10(4)29(24)39-30(35)6-12(32)17(27(14)34)21(20)25(22)30/h5,7-10,28-29,32-33,35H,6H2,1-4H3/t7-,8-,9-,10-,28-,29+,30-/m0/s1. The molecule has 0 amide bonds. The Kier molecular flexibility index (Phi) is 3.69. The first-order chi connectivity index (χ1) is 18.5. The van der Waals surface area contributed by atoms with E-state index >= 15 is 0 Å². The third kappa shape index (κ3) is 2.21. The zero-order chi connectivity index (χ0) is 27.0. The minimum atomic E-state index is -1.99. The van der Waals surface area contributed by atoms with Gasteiger partial charge in [0.25, 0.3) is 0 Å². The number of aromatic hydroxyl groups is 1. The molecule has 1 aliphatic carbocycles. The lowest BCUT2D eigenvalue weighted by Crippen LogP contribution is -2.48. The molecular weight excluding hydrogens is 504 g/mol. The first kappa shape index (κ1) is 22.3. The summed E-state index contributed by atoms with van der Waals surface area (Å²) in [7, 11) is 0. The zero-order valence-electron chi connectivity index (χ0n) is 21.5. The van der Waals surface area contributed by atoms with E-state index in [9.17, 15) is 24.9 Å². The normalized spacial score (nSPS) is 33.5. The molecular formula is C30H24O9. The molecule has 39 heavy (non-hydrogen) atoms. The molecule has 7 atom stereocenters. The Balaban J connectivity index is 1.71. The van der Waals surface area contributed by atoms with Crippen LogP contribution >= 0.6 is 0 Å². The Bertz CT molecular complexity index is 2070. The summed E-state index contributed by atoms with van der Waals surface area (Å²) in [5, 5.41) is 38.0. The highest BCUT2D eigenvalue weighted by molar-refractivity contribution is 6.29. The summed E-state index contributed by atoms with van der Waals surface area (Å²) < 4.78 is 25.0. The molecule has 3 N–H and O–H groups in total. The first-order valence-corrected chi connectivity index (χ1v) is 13.3. The molecule has 9 heteroatoms. The molecule has 9 rings (SSSR count). The predicted molar refractivity (Wildman–Crippen MR) is 139 cm³/mol. The van der Waals surface area contributed by atoms with Crippen LogP contribution in [0.5, 0.6) is 11.5 Å². The fourth-order valence-corrected chi connectivity index (χ4v) is 8.28. The summed E-state index contributed by atoms with van der Waals surface area (Å²) in [5.41, 5.74) is 1.65. The van der Waals surface area contributed by atoms with Crippen LogP contribution < -0.4 is 20.8 Å². The van der Waals surface area contributed by atoms with Crippen LogP contribution in [0.1, 0.15) is 86.3 Å². The maximum absolute atomic E-state index is 14.1. The average molecular weight is 529 g/mol. The van der Waals surface area contributed by atoms with Gasteiger partial charge in [0.05, 0.1) is 41.4 Å². The van der Waals surface area contributed by atoms with Crippen LogP contribution in [0.15, 0.2) is 15.7 Å². The smallest absolute Gasteiger partial charge is 0.201 e. The second kappa shape index (κ2) is 6.45. The highest BCUT2D eigenvalue weighted by Gasteiger charge is 2.53. The number of hydrogen-bond acceptors (Lipinski definition) is 9. The van der Waals surface area contributed by atoms with Crippen molar-refractivity contribution in [3.8, 4) is 11.5 Å². The molecule has 0 unspecified atom stereocenters. The van der Waals surface area contributed by atoms with E-state index in [1.807, 2.05) is 13.8 Å². The highest BCUT2D eigenvalue weighted by atomic mass is 16.6. The molecule has 0 radical (unpaired) electrons. The molecule has 0 saturated carbocycles. The lowest BCUT2D eigenvalue weighted by atomic mass is 9.71. The Hall–Kier alpha value is -3.50. The van der Waals surface area contributed by atoms with E-state index in [2.05, 4.69) is 0 Å². The zero-order valence-corrected chi connectivity index (χ0v) is 21.5. The number of aliphatic hydroxyl groups excluding tert-OH is 1. The van der Waals surface area contributed by atoms with Crippen LogP contribution in [0.2, 0.25) is 0 Å². The van der Waals surface area contributed by atoms with E-state index < -0.39 is 47.8 Å². The van der Waals surface area contributed by atoms with Crippen LogP contribution in [0.25, 0.3) is 38.1 Å². The van der Waals surface area contributed by atoms with Crippen molar-refractivity contribution >= 4 is 38.1 Å². The van der Waals surface area contributed by atoms with E-state index in [0.29, 0.717) is 60.5 Å². The van der Waals surface area contributed by atoms with Gasteiger partial charge in [-0.15, -0.1) is 0 Å². The van der Waals surface area contributed by atoms with E-state index in [1.54, 1.807) is 13.8 Å². The molecule has 0 spiro atoms. The number of benzene rings is 4. The van der Waals surface area contributed by atoms with Crippen molar-refractivity contribution in [3.63, 3.8) is 0 Å². The van der Waals surface area contributed by atoms with Crippen molar-refractivity contribution in [2.24, 2.45) is 0 Å². The van der Waals surface area contributed by atoms with Gasteiger partial charge in [0.1, 0.15) is 23.4 Å². The van der Waals surface area contributed by atoms with Crippen LogP contribution in [0.3, 0.4) is 0 Å². The topological polar surface area (TPSA) is 132 Å². The molecule has 4 heterocycles. The van der Waals surface area contributed by atoms with Crippen molar-refractivity contribution in [3.05, 3.63) is 59.5 Å². The summed E-state index contributed by atoms with van der Waals surface area (Å²) in [6.45, 7) is 7.27. The Labute approximate surface area is 220 Å². The molecule has 4 aliphatic heterocycles. The minimum absolute atomic E-state index is 0.113. The van der Waals surface area contributed by atoms with Gasteiger partial charge in [-0.2, -0.15) is 0 Å². The second-order valence-electron chi connectivity index (χ2n) is 11.7. The third-order valence-electron chi connectivity index (χ3n) is 9.57. The summed E-state index contributed by atoms with van der Waals surface area (Å²) >= 11 is 0. The lowest BCUT2D eigenvalue weighted by Gasteiger charge is -2.48. The monoisotopic (exact) mass is 528 g/mol. The largest absolute Gasteiger partial charge is 0.511 e. The van der Waals surface area contributed by atoms with Gasteiger partial charge in [-0.05, 0) is 33.1 Å². The van der Waals surface area contributed by atoms with E-state index in [0.717, 1.165) is 0 Å². The van der Waals surface area contributed by atoms with Crippen LogP contribution in [-0.2, 0) is 20.0 Å². The number of hydrogen-bond donors (Lipinski definition) is 3. The maximum atomic E-state index is 14.1. The third-order valence-corrected chi connectivity index (χ3v) is 9.57. The SMILES string of the molecule is C[C@@H]1O[C@@H](C)[C@H]2O[C@@]3(O)CC(O)=c4c(=O)c5c6c7c4c3c3c2c1c(O)c1c(=O)cc(c7c31)O[C@H]6[C@H](C)O[C@H]5C. The number of phenols is 1. The molecule has 9 nitrogen and oxygen atoms in total. The molecule has 0 bridgehead atoms. The Morgan fingerprint density at radius 1 is 0.795 bits per heavy atom. The number of aliphatic hydroxyl groups is 2. The Morgan fingerprint density at radius 2 is 1.46 bits per heavy atom. The minimum Gasteiger partial charge on any atom is -0.511 e. The van der Waals surface area contributed by atoms with Gasteiger partial charge in [-0.3, -0.25) is 9.59 Å². The first-order valence-electron chi connectivity index (χ1n) is 13.3. The van der Waals surface area contributed by atoms with Gasteiger partial charge >= 0.3 is 0 Å². The van der Waals surface area contributed by atoms with E-state index in [-0.39, 0.29) is 34.0 Å². The van der Waals surface area contributed by atoms with Gasteiger partial charge in [-0.25, -0.2) is 0 Å². The Morgan fingerprint density at radius 3 is 2.21 bits per heavy atom. The fourth-order valence-electron chi connectivity index (χ4n) is 8.28. The van der Waals surface area contributed by atoms with E-state index in [4.69, 9.17) is 18.9 Å². The number of ether oxygens (including phenoxy) is 4. The number of rotatable bonds is 0. The molecule has 5 aliphatic rings. The summed E-state index contributed by atoms with van der Waals surface area (Å²) in [6, 6.07) is 1.37. The van der Waals surface area contributed by atoms with Crippen molar-refractivity contribution in [2.75, 3.05) is 0 Å². The maximum Gasteiger partial charge on any atom is 0.201 e.